The Morgan fingerprint density at radius 1 is 1.27 bits per heavy atom. The standard InChI is InChI=1S/C11H15BrO3/c1-4-9(13)7-5-10(14-2)11(15-3)6-8(7)12/h5-6,9,13H,4H2,1-3H3. The predicted molar refractivity (Wildman–Crippen MR) is 62.5 cm³/mol. The van der Waals surface area contributed by atoms with E-state index in [1.165, 1.54) is 0 Å². The summed E-state index contributed by atoms with van der Waals surface area (Å²) in [6.45, 7) is 1.92. The summed E-state index contributed by atoms with van der Waals surface area (Å²) in [6, 6.07) is 3.59. The first kappa shape index (κ1) is 12.3. The Labute approximate surface area is 98.1 Å². The monoisotopic (exact) mass is 274 g/mol. The number of hydrogen-bond acceptors (Lipinski definition) is 3. The van der Waals surface area contributed by atoms with Gasteiger partial charge in [-0.25, -0.2) is 0 Å². The number of aliphatic hydroxyl groups excluding tert-OH is 1. The van der Waals surface area contributed by atoms with Crippen molar-refractivity contribution in [2.75, 3.05) is 14.2 Å². The molecule has 0 aliphatic carbocycles. The average Bonchev–Trinajstić information content (AvgIpc) is 2.27. The van der Waals surface area contributed by atoms with Crippen molar-refractivity contribution in [1.29, 1.82) is 0 Å². The molecule has 0 amide bonds. The smallest absolute Gasteiger partial charge is 0.161 e. The summed E-state index contributed by atoms with van der Waals surface area (Å²) in [7, 11) is 3.16. The molecule has 1 rings (SSSR count). The van der Waals surface area contributed by atoms with Gasteiger partial charge in [0.1, 0.15) is 0 Å². The highest BCUT2D eigenvalue weighted by Gasteiger charge is 2.14. The minimum absolute atomic E-state index is 0.487. The van der Waals surface area contributed by atoms with Gasteiger partial charge in [0.25, 0.3) is 0 Å². The molecule has 0 aliphatic rings. The van der Waals surface area contributed by atoms with Crippen LogP contribution in [-0.4, -0.2) is 19.3 Å². The Hall–Kier alpha value is -0.740. The average molecular weight is 275 g/mol. The van der Waals surface area contributed by atoms with Crippen LogP contribution in [0, 0.1) is 0 Å². The molecule has 84 valence electrons. The fraction of sp³-hybridized carbons (Fsp3) is 0.455. The van der Waals surface area contributed by atoms with E-state index in [0.29, 0.717) is 17.9 Å². The SMILES string of the molecule is CCC(O)c1cc(OC)c(OC)cc1Br. The Kier molecular flexibility index (Phi) is 4.42. The second kappa shape index (κ2) is 5.37. The van der Waals surface area contributed by atoms with Crippen molar-refractivity contribution in [2.45, 2.75) is 19.4 Å². The van der Waals surface area contributed by atoms with E-state index in [-0.39, 0.29) is 0 Å². The zero-order valence-corrected chi connectivity index (χ0v) is 10.7. The fourth-order valence-corrected chi connectivity index (χ4v) is 1.93. The molecule has 0 saturated carbocycles. The van der Waals surface area contributed by atoms with Crippen LogP contribution in [0.25, 0.3) is 0 Å². The maximum absolute atomic E-state index is 9.77. The quantitative estimate of drug-likeness (QED) is 0.918. The van der Waals surface area contributed by atoms with Gasteiger partial charge in [-0.1, -0.05) is 22.9 Å². The third kappa shape index (κ3) is 2.63. The van der Waals surface area contributed by atoms with E-state index in [0.717, 1.165) is 10.0 Å². The van der Waals surface area contributed by atoms with E-state index in [1.807, 2.05) is 6.92 Å². The predicted octanol–water partition coefficient (Wildman–Crippen LogP) is 2.91. The molecule has 0 aromatic heterocycles. The van der Waals surface area contributed by atoms with E-state index < -0.39 is 6.10 Å². The van der Waals surface area contributed by atoms with E-state index in [2.05, 4.69) is 15.9 Å². The molecule has 3 nitrogen and oxygen atoms in total. The number of methoxy groups -OCH3 is 2. The largest absolute Gasteiger partial charge is 0.493 e. The molecular formula is C11H15BrO3. The molecule has 1 N–H and O–H groups in total. The highest BCUT2D eigenvalue weighted by molar-refractivity contribution is 9.10. The maximum atomic E-state index is 9.77. The lowest BCUT2D eigenvalue weighted by atomic mass is 10.1. The lowest BCUT2D eigenvalue weighted by Gasteiger charge is -2.14. The second-order valence-electron chi connectivity index (χ2n) is 3.15. The fourth-order valence-electron chi connectivity index (χ4n) is 1.35. The lowest BCUT2D eigenvalue weighted by molar-refractivity contribution is 0.172. The molecule has 4 heteroatoms. The van der Waals surface area contributed by atoms with Crippen molar-refractivity contribution >= 4 is 15.9 Å². The Balaban J connectivity index is 3.19. The zero-order valence-electron chi connectivity index (χ0n) is 9.08. The number of hydrogen-bond donors (Lipinski definition) is 1. The molecule has 0 aliphatic heterocycles. The molecular weight excluding hydrogens is 260 g/mol. The Bertz CT molecular complexity index is 339. The van der Waals surface area contributed by atoms with Gasteiger partial charge in [-0.2, -0.15) is 0 Å². The minimum Gasteiger partial charge on any atom is -0.493 e. The summed E-state index contributed by atoms with van der Waals surface area (Å²) >= 11 is 3.40. The number of rotatable bonds is 4. The Morgan fingerprint density at radius 2 is 1.80 bits per heavy atom. The van der Waals surface area contributed by atoms with Crippen molar-refractivity contribution in [2.24, 2.45) is 0 Å². The van der Waals surface area contributed by atoms with Crippen molar-refractivity contribution < 1.29 is 14.6 Å². The highest BCUT2D eigenvalue weighted by atomic mass is 79.9. The van der Waals surface area contributed by atoms with Crippen LogP contribution in [0.15, 0.2) is 16.6 Å². The van der Waals surface area contributed by atoms with Crippen LogP contribution in [-0.2, 0) is 0 Å². The first-order chi connectivity index (χ1) is 7.13. The van der Waals surface area contributed by atoms with E-state index in [9.17, 15) is 5.11 Å². The number of aliphatic hydroxyl groups is 1. The second-order valence-corrected chi connectivity index (χ2v) is 4.01. The van der Waals surface area contributed by atoms with Crippen LogP contribution in [0.2, 0.25) is 0 Å². The number of ether oxygens (including phenoxy) is 2. The van der Waals surface area contributed by atoms with Gasteiger partial charge in [0, 0.05) is 4.47 Å². The summed E-state index contributed by atoms with van der Waals surface area (Å²) in [5, 5.41) is 9.77. The van der Waals surface area contributed by atoms with Gasteiger partial charge in [-0.05, 0) is 24.1 Å². The van der Waals surface area contributed by atoms with Crippen molar-refractivity contribution in [3.05, 3.63) is 22.2 Å². The number of benzene rings is 1. The third-order valence-corrected chi connectivity index (χ3v) is 2.94. The van der Waals surface area contributed by atoms with Gasteiger partial charge in [0.15, 0.2) is 11.5 Å². The van der Waals surface area contributed by atoms with Crippen molar-refractivity contribution in [3.8, 4) is 11.5 Å². The molecule has 0 radical (unpaired) electrons. The van der Waals surface area contributed by atoms with E-state index in [4.69, 9.17) is 9.47 Å². The van der Waals surface area contributed by atoms with Crippen LogP contribution in [0.3, 0.4) is 0 Å². The van der Waals surface area contributed by atoms with Gasteiger partial charge in [0.05, 0.1) is 20.3 Å². The molecule has 0 heterocycles. The first-order valence-corrected chi connectivity index (χ1v) is 5.52. The van der Waals surface area contributed by atoms with Crippen LogP contribution in [0.1, 0.15) is 25.0 Å². The molecule has 1 atom stereocenters. The summed E-state index contributed by atoms with van der Waals surface area (Å²) in [5.74, 6) is 1.28. The Morgan fingerprint density at radius 3 is 2.27 bits per heavy atom. The van der Waals surface area contributed by atoms with Gasteiger partial charge < -0.3 is 14.6 Å². The maximum Gasteiger partial charge on any atom is 0.161 e. The van der Waals surface area contributed by atoms with Gasteiger partial charge >= 0.3 is 0 Å². The normalized spacial score (nSPS) is 12.3. The van der Waals surface area contributed by atoms with Crippen molar-refractivity contribution in [3.63, 3.8) is 0 Å². The summed E-state index contributed by atoms with van der Waals surface area (Å²) in [4.78, 5) is 0. The van der Waals surface area contributed by atoms with Crippen molar-refractivity contribution in [1.82, 2.24) is 0 Å². The lowest BCUT2D eigenvalue weighted by Crippen LogP contribution is -1.99. The summed E-state index contributed by atoms with van der Waals surface area (Å²) < 4.78 is 11.1. The molecule has 1 aromatic rings. The molecule has 0 fully saturated rings. The third-order valence-electron chi connectivity index (χ3n) is 2.25. The molecule has 0 spiro atoms. The van der Waals surface area contributed by atoms with Gasteiger partial charge in [0.2, 0.25) is 0 Å². The van der Waals surface area contributed by atoms with Crippen LogP contribution < -0.4 is 9.47 Å². The van der Waals surface area contributed by atoms with Crippen LogP contribution >= 0.6 is 15.9 Å². The summed E-state index contributed by atoms with van der Waals surface area (Å²) in [5.41, 5.74) is 0.815. The summed E-state index contributed by atoms with van der Waals surface area (Å²) in [6.07, 6.45) is 0.174. The van der Waals surface area contributed by atoms with Gasteiger partial charge in [-0.15, -0.1) is 0 Å². The molecule has 0 bridgehead atoms. The minimum atomic E-state index is -0.487. The van der Waals surface area contributed by atoms with Gasteiger partial charge in [-0.3, -0.25) is 0 Å². The highest BCUT2D eigenvalue weighted by Crippen LogP contribution is 2.36. The first-order valence-electron chi connectivity index (χ1n) is 4.73. The van der Waals surface area contributed by atoms with E-state index >= 15 is 0 Å². The number of halogens is 1. The zero-order chi connectivity index (χ0) is 11.4. The molecule has 0 saturated heterocycles. The topological polar surface area (TPSA) is 38.7 Å². The molecule has 15 heavy (non-hydrogen) atoms. The molecule has 1 unspecified atom stereocenters. The van der Waals surface area contributed by atoms with Crippen LogP contribution in [0.5, 0.6) is 11.5 Å². The molecule has 1 aromatic carbocycles. The van der Waals surface area contributed by atoms with Crippen LogP contribution in [0.4, 0.5) is 0 Å². The van der Waals surface area contributed by atoms with E-state index in [1.54, 1.807) is 26.4 Å².